The lowest BCUT2D eigenvalue weighted by molar-refractivity contribution is -0.0556. The Bertz CT molecular complexity index is 1580. The second-order valence-electron chi connectivity index (χ2n) is 10.5. The van der Waals surface area contributed by atoms with Crippen LogP contribution in [-0.4, -0.2) is 78.2 Å². The molecule has 0 saturated carbocycles. The Kier molecular flexibility index (Phi) is 7.50. The summed E-state index contributed by atoms with van der Waals surface area (Å²) >= 11 is 0. The molecule has 0 aliphatic carbocycles. The standard InChI is InChI=1S/C30H32FN5O3S/c31-25-5-8-27-28(20-25)33-14-11-29(27)34-16-18-35(19-17-34)30(37)24-2-1-15-36(21-24)40(38,39)26-6-3-22(4-7-26)23-9-12-32-13-10-23/h3-14,20,24,30,37H,1-2,15-19,21H2. The van der Waals surface area contributed by atoms with Crippen molar-refractivity contribution in [3.63, 3.8) is 0 Å². The Balaban J connectivity index is 1.10. The van der Waals surface area contributed by atoms with E-state index in [0.29, 0.717) is 44.7 Å². The van der Waals surface area contributed by atoms with Crippen molar-refractivity contribution >= 4 is 26.6 Å². The van der Waals surface area contributed by atoms with Gasteiger partial charge in [-0.05, 0) is 66.4 Å². The summed E-state index contributed by atoms with van der Waals surface area (Å²) in [6.07, 6.45) is 5.87. The molecule has 40 heavy (non-hydrogen) atoms. The van der Waals surface area contributed by atoms with E-state index in [9.17, 15) is 17.9 Å². The molecule has 0 bridgehead atoms. The first kappa shape index (κ1) is 26.8. The molecule has 0 spiro atoms. The van der Waals surface area contributed by atoms with E-state index in [4.69, 9.17) is 0 Å². The lowest BCUT2D eigenvalue weighted by atomic mass is 9.96. The van der Waals surface area contributed by atoms with Gasteiger partial charge in [-0.3, -0.25) is 14.9 Å². The largest absolute Gasteiger partial charge is 0.378 e. The molecule has 2 fully saturated rings. The minimum Gasteiger partial charge on any atom is -0.378 e. The van der Waals surface area contributed by atoms with E-state index in [2.05, 4.69) is 14.9 Å². The molecule has 10 heteroatoms. The van der Waals surface area contributed by atoms with Crippen molar-refractivity contribution in [2.24, 2.45) is 5.92 Å². The van der Waals surface area contributed by atoms with Crippen LogP contribution in [0.1, 0.15) is 12.8 Å². The highest BCUT2D eigenvalue weighted by molar-refractivity contribution is 7.89. The van der Waals surface area contributed by atoms with Crippen LogP contribution < -0.4 is 4.90 Å². The molecule has 2 aliphatic heterocycles. The Labute approximate surface area is 233 Å². The van der Waals surface area contributed by atoms with Gasteiger partial charge in [0, 0.05) is 80.9 Å². The van der Waals surface area contributed by atoms with Gasteiger partial charge in [-0.25, -0.2) is 12.8 Å². The maximum Gasteiger partial charge on any atom is 0.243 e. The van der Waals surface area contributed by atoms with Gasteiger partial charge in [0.05, 0.1) is 10.4 Å². The van der Waals surface area contributed by atoms with Gasteiger partial charge >= 0.3 is 0 Å². The van der Waals surface area contributed by atoms with Crippen LogP contribution in [0.5, 0.6) is 0 Å². The number of benzene rings is 2. The summed E-state index contributed by atoms with van der Waals surface area (Å²) in [5.74, 6) is -0.480. The number of aliphatic hydroxyl groups excluding tert-OH is 1. The first-order valence-corrected chi connectivity index (χ1v) is 15.1. The monoisotopic (exact) mass is 561 g/mol. The fourth-order valence-electron chi connectivity index (χ4n) is 5.86. The van der Waals surface area contributed by atoms with Gasteiger partial charge in [0.1, 0.15) is 12.0 Å². The second-order valence-corrected chi connectivity index (χ2v) is 12.4. The summed E-state index contributed by atoms with van der Waals surface area (Å²) < 4.78 is 42.2. The van der Waals surface area contributed by atoms with Crippen molar-refractivity contribution in [3.8, 4) is 11.1 Å². The molecular formula is C30H32FN5O3S. The zero-order valence-corrected chi connectivity index (χ0v) is 22.9. The number of sulfonamides is 1. The molecule has 2 saturated heterocycles. The van der Waals surface area contributed by atoms with Crippen LogP contribution in [0.2, 0.25) is 0 Å². The summed E-state index contributed by atoms with van der Waals surface area (Å²) in [5, 5.41) is 12.2. The van der Waals surface area contributed by atoms with Crippen LogP contribution in [0.15, 0.2) is 84.1 Å². The summed E-state index contributed by atoms with van der Waals surface area (Å²) in [4.78, 5) is 12.9. The first-order valence-electron chi connectivity index (χ1n) is 13.6. The van der Waals surface area contributed by atoms with Gasteiger partial charge in [0.2, 0.25) is 10.0 Å². The van der Waals surface area contributed by atoms with Crippen molar-refractivity contribution in [2.45, 2.75) is 24.0 Å². The molecule has 2 aliphatic rings. The lowest BCUT2D eigenvalue weighted by Crippen LogP contribution is -2.55. The van der Waals surface area contributed by atoms with Crippen LogP contribution in [0.4, 0.5) is 10.1 Å². The van der Waals surface area contributed by atoms with Crippen LogP contribution in [0.3, 0.4) is 0 Å². The third-order valence-electron chi connectivity index (χ3n) is 8.06. The number of pyridine rings is 2. The molecule has 8 nitrogen and oxygen atoms in total. The Hall–Kier alpha value is -3.44. The second kappa shape index (κ2) is 11.2. The molecule has 2 aromatic carbocycles. The average Bonchev–Trinajstić information content (AvgIpc) is 3.01. The number of nitrogens with zero attached hydrogens (tertiary/aromatic N) is 5. The summed E-state index contributed by atoms with van der Waals surface area (Å²) in [7, 11) is -3.68. The third-order valence-corrected chi connectivity index (χ3v) is 9.94. The van der Waals surface area contributed by atoms with Crippen molar-refractivity contribution < 1.29 is 17.9 Å². The molecule has 6 rings (SSSR count). The van der Waals surface area contributed by atoms with Crippen LogP contribution in [0.25, 0.3) is 22.0 Å². The molecule has 4 heterocycles. The van der Waals surface area contributed by atoms with Crippen molar-refractivity contribution in [1.29, 1.82) is 0 Å². The molecular weight excluding hydrogens is 529 g/mol. The molecule has 2 aromatic heterocycles. The molecule has 208 valence electrons. The van der Waals surface area contributed by atoms with Crippen molar-refractivity contribution in [3.05, 3.63) is 85.1 Å². The summed E-state index contributed by atoms with van der Waals surface area (Å²) in [5.41, 5.74) is 3.53. The molecule has 0 amide bonds. The number of piperidine rings is 1. The highest BCUT2D eigenvalue weighted by Crippen LogP contribution is 2.30. The van der Waals surface area contributed by atoms with Crippen LogP contribution in [0, 0.1) is 11.7 Å². The predicted molar refractivity (Wildman–Crippen MR) is 153 cm³/mol. The van der Waals surface area contributed by atoms with E-state index in [0.717, 1.165) is 28.6 Å². The number of aliphatic hydroxyl groups is 1. The highest BCUT2D eigenvalue weighted by Gasteiger charge is 2.36. The van der Waals surface area contributed by atoms with Crippen molar-refractivity contribution in [2.75, 3.05) is 44.2 Å². The SMILES string of the molecule is O=S(=O)(c1ccc(-c2ccncc2)cc1)N1CCCC(C(O)N2CCN(c3ccnc4cc(F)ccc34)CC2)C1. The third kappa shape index (κ3) is 5.32. The van der Waals surface area contributed by atoms with Gasteiger partial charge in [-0.2, -0.15) is 4.31 Å². The number of rotatable bonds is 6. The predicted octanol–water partition coefficient (Wildman–Crippen LogP) is 3.98. The molecule has 2 atom stereocenters. The van der Waals surface area contributed by atoms with Crippen LogP contribution >= 0.6 is 0 Å². The Morgan fingerprint density at radius 3 is 2.35 bits per heavy atom. The molecule has 1 N–H and O–H groups in total. The number of hydrogen-bond acceptors (Lipinski definition) is 7. The Morgan fingerprint density at radius 1 is 0.875 bits per heavy atom. The fourth-order valence-corrected chi connectivity index (χ4v) is 7.39. The van der Waals surface area contributed by atoms with Crippen LogP contribution in [-0.2, 0) is 10.0 Å². The number of hydrogen-bond donors (Lipinski definition) is 1. The van der Waals surface area contributed by atoms with Gasteiger partial charge in [-0.15, -0.1) is 0 Å². The molecule has 4 aromatic rings. The van der Waals surface area contributed by atoms with E-state index < -0.39 is 16.3 Å². The first-order chi connectivity index (χ1) is 19.4. The van der Waals surface area contributed by atoms with Gasteiger partial charge in [-0.1, -0.05) is 12.1 Å². The zero-order chi connectivity index (χ0) is 27.7. The van der Waals surface area contributed by atoms with Gasteiger partial charge in [0.25, 0.3) is 0 Å². The summed E-state index contributed by atoms with van der Waals surface area (Å²) in [6, 6.07) is 17.3. The van der Waals surface area contributed by atoms with E-state index >= 15 is 0 Å². The number of piperazine rings is 1. The Morgan fingerprint density at radius 2 is 1.60 bits per heavy atom. The maximum atomic E-state index is 13.7. The maximum absolute atomic E-state index is 13.7. The number of aromatic nitrogens is 2. The quantitative estimate of drug-likeness (QED) is 0.381. The lowest BCUT2D eigenvalue weighted by Gasteiger charge is -2.43. The number of fused-ring (bicyclic) bond motifs is 1. The molecule has 0 radical (unpaired) electrons. The average molecular weight is 562 g/mol. The number of halogens is 1. The minimum absolute atomic E-state index is 0.170. The molecule has 2 unspecified atom stereocenters. The fraction of sp³-hybridized carbons (Fsp3) is 0.333. The van der Waals surface area contributed by atoms with Gasteiger partial charge in [0.15, 0.2) is 0 Å². The highest BCUT2D eigenvalue weighted by atomic mass is 32.2. The summed E-state index contributed by atoms with van der Waals surface area (Å²) in [6.45, 7) is 3.42. The normalized spacial score (nSPS) is 20.1. The van der Waals surface area contributed by atoms with E-state index in [1.807, 2.05) is 35.2 Å². The van der Waals surface area contributed by atoms with E-state index in [1.54, 1.807) is 36.8 Å². The van der Waals surface area contributed by atoms with E-state index in [1.165, 1.54) is 16.4 Å². The topological polar surface area (TPSA) is 89.9 Å². The van der Waals surface area contributed by atoms with Gasteiger partial charge < -0.3 is 10.0 Å². The number of anilines is 1. The minimum atomic E-state index is -3.68. The van der Waals surface area contributed by atoms with E-state index in [-0.39, 0.29) is 23.2 Å². The van der Waals surface area contributed by atoms with Crippen molar-refractivity contribution in [1.82, 2.24) is 19.2 Å². The smallest absolute Gasteiger partial charge is 0.243 e. The zero-order valence-electron chi connectivity index (χ0n) is 22.1.